The number of ketones is 1. The fraction of sp³-hybridized carbons (Fsp3) is 0.455. The normalized spacial score (nSPS) is 19.2. The minimum Gasteiger partial charge on any atom is -0.450 e. The molecule has 3 nitrogen and oxygen atoms in total. The van der Waals surface area contributed by atoms with Crippen LogP contribution in [0.3, 0.4) is 0 Å². The van der Waals surface area contributed by atoms with Crippen molar-refractivity contribution in [3.05, 3.63) is 22.2 Å². The number of rotatable bonds is 2. The maximum atomic E-state index is 11.4. The van der Waals surface area contributed by atoms with Gasteiger partial charge in [0, 0.05) is 12.8 Å². The van der Waals surface area contributed by atoms with Gasteiger partial charge in [0.1, 0.15) is 0 Å². The van der Waals surface area contributed by atoms with Crippen LogP contribution in [0, 0.1) is 5.92 Å². The second-order valence-electron chi connectivity index (χ2n) is 3.92. The SMILES string of the molecule is CC(=O)OC1(C(C)C)C=C(Cl)C(=O)C(Cl)=C1. The Bertz CT molecular complexity index is 372. The molecule has 88 valence electrons. The van der Waals surface area contributed by atoms with Gasteiger partial charge >= 0.3 is 5.97 Å². The lowest BCUT2D eigenvalue weighted by Gasteiger charge is -2.33. The molecule has 0 aromatic heterocycles. The van der Waals surface area contributed by atoms with Gasteiger partial charge in [0.15, 0.2) is 5.60 Å². The molecule has 0 aliphatic heterocycles. The highest BCUT2D eigenvalue weighted by Gasteiger charge is 2.38. The molecule has 0 aromatic carbocycles. The van der Waals surface area contributed by atoms with Crippen LogP contribution in [-0.2, 0) is 14.3 Å². The smallest absolute Gasteiger partial charge is 0.303 e. The summed E-state index contributed by atoms with van der Waals surface area (Å²) in [6, 6.07) is 0. The molecule has 0 unspecified atom stereocenters. The van der Waals surface area contributed by atoms with Gasteiger partial charge in [-0.15, -0.1) is 0 Å². The van der Waals surface area contributed by atoms with Crippen molar-refractivity contribution in [1.82, 2.24) is 0 Å². The number of esters is 1. The van der Waals surface area contributed by atoms with Gasteiger partial charge in [0.2, 0.25) is 5.78 Å². The number of allylic oxidation sites excluding steroid dienone is 2. The van der Waals surface area contributed by atoms with Gasteiger partial charge in [0.05, 0.1) is 10.1 Å². The fourth-order valence-corrected chi connectivity index (χ4v) is 2.04. The first-order valence-corrected chi connectivity index (χ1v) is 5.55. The van der Waals surface area contributed by atoms with Crippen molar-refractivity contribution in [2.45, 2.75) is 26.4 Å². The Morgan fingerprint density at radius 2 is 1.75 bits per heavy atom. The molecule has 1 rings (SSSR count). The minimum absolute atomic E-state index is 0.0255. The summed E-state index contributed by atoms with van der Waals surface area (Å²) in [5, 5.41) is -0.0510. The zero-order valence-corrected chi connectivity index (χ0v) is 10.7. The van der Waals surface area contributed by atoms with Crippen LogP contribution >= 0.6 is 23.2 Å². The van der Waals surface area contributed by atoms with Crippen molar-refractivity contribution in [1.29, 1.82) is 0 Å². The number of carbonyl (C=O) groups is 2. The van der Waals surface area contributed by atoms with Crippen LogP contribution in [0.5, 0.6) is 0 Å². The standard InChI is InChI=1S/C11H12Cl2O3/c1-6(2)11(16-7(3)14)4-8(12)10(15)9(13)5-11/h4-6H,1-3H3. The topological polar surface area (TPSA) is 43.4 Å². The third-order valence-corrected chi connectivity index (χ3v) is 2.92. The zero-order valence-electron chi connectivity index (χ0n) is 9.21. The first kappa shape index (κ1) is 13.3. The third-order valence-electron chi connectivity index (χ3n) is 2.36. The molecule has 0 saturated carbocycles. The average molecular weight is 263 g/mol. The van der Waals surface area contributed by atoms with Gasteiger partial charge < -0.3 is 4.74 Å². The molecule has 16 heavy (non-hydrogen) atoms. The number of Topliss-reactive ketones (excluding diaryl/α,β-unsaturated/α-hetero) is 1. The lowest BCUT2D eigenvalue weighted by atomic mass is 9.86. The second kappa shape index (κ2) is 4.60. The van der Waals surface area contributed by atoms with Gasteiger partial charge in [-0.1, -0.05) is 37.0 Å². The summed E-state index contributed by atoms with van der Waals surface area (Å²) in [7, 11) is 0. The highest BCUT2D eigenvalue weighted by Crippen LogP contribution is 2.35. The van der Waals surface area contributed by atoms with E-state index in [-0.39, 0.29) is 16.0 Å². The van der Waals surface area contributed by atoms with E-state index in [1.165, 1.54) is 19.1 Å². The van der Waals surface area contributed by atoms with Crippen LogP contribution in [0.15, 0.2) is 22.2 Å². The molecule has 1 aliphatic rings. The minimum atomic E-state index is -1.03. The van der Waals surface area contributed by atoms with Crippen molar-refractivity contribution in [2.75, 3.05) is 0 Å². The van der Waals surface area contributed by atoms with Crippen LogP contribution < -0.4 is 0 Å². The maximum Gasteiger partial charge on any atom is 0.303 e. The van der Waals surface area contributed by atoms with Crippen molar-refractivity contribution in [2.24, 2.45) is 5.92 Å². The molecule has 0 radical (unpaired) electrons. The van der Waals surface area contributed by atoms with E-state index in [0.717, 1.165) is 0 Å². The molecule has 0 bridgehead atoms. The van der Waals surface area contributed by atoms with Crippen molar-refractivity contribution in [3.8, 4) is 0 Å². The Kier molecular flexibility index (Phi) is 3.81. The monoisotopic (exact) mass is 262 g/mol. The van der Waals surface area contributed by atoms with Gasteiger partial charge in [-0.3, -0.25) is 9.59 Å². The molecule has 0 aromatic rings. The largest absolute Gasteiger partial charge is 0.450 e. The van der Waals surface area contributed by atoms with E-state index in [2.05, 4.69) is 0 Å². The Morgan fingerprint density at radius 3 is 2.06 bits per heavy atom. The second-order valence-corrected chi connectivity index (χ2v) is 4.73. The molecule has 0 fully saturated rings. The van der Waals surface area contributed by atoms with Gasteiger partial charge in [-0.25, -0.2) is 0 Å². The summed E-state index contributed by atoms with van der Waals surface area (Å²) in [6.07, 6.45) is 2.85. The zero-order chi connectivity index (χ0) is 12.5. The Balaban J connectivity index is 3.22. The third kappa shape index (κ3) is 2.47. The highest BCUT2D eigenvalue weighted by atomic mass is 35.5. The maximum absolute atomic E-state index is 11.4. The number of halogens is 2. The Labute approximate surface area is 104 Å². The summed E-state index contributed by atoms with van der Waals surface area (Å²) in [5.41, 5.74) is -1.03. The van der Waals surface area contributed by atoms with E-state index >= 15 is 0 Å². The summed E-state index contributed by atoms with van der Waals surface area (Å²) in [4.78, 5) is 22.4. The molecular weight excluding hydrogens is 251 g/mol. The van der Waals surface area contributed by atoms with E-state index < -0.39 is 17.4 Å². The van der Waals surface area contributed by atoms with Crippen LogP contribution in [-0.4, -0.2) is 17.4 Å². The molecule has 0 heterocycles. The van der Waals surface area contributed by atoms with E-state index in [0.29, 0.717) is 0 Å². The van der Waals surface area contributed by atoms with Crippen LogP contribution in [0.25, 0.3) is 0 Å². The lowest BCUT2D eigenvalue weighted by molar-refractivity contribution is -0.152. The molecule has 0 saturated heterocycles. The van der Waals surface area contributed by atoms with E-state index in [9.17, 15) is 9.59 Å². The molecule has 5 heteroatoms. The van der Waals surface area contributed by atoms with Crippen LogP contribution in [0.2, 0.25) is 0 Å². The molecule has 1 aliphatic carbocycles. The summed E-state index contributed by atoms with van der Waals surface area (Å²) in [5.74, 6) is -0.983. The first-order valence-electron chi connectivity index (χ1n) is 4.79. The van der Waals surface area contributed by atoms with Crippen molar-refractivity contribution >= 4 is 35.0 Å². The molecule has 0 spiro atoms. The van der Waals surface area contributed by atoms with E-state index in [4.69, 9.17) is 27.9 Å². The summed E-state index contributed by atoms with van der Waals surface area (Å²) < 4.78 is 5.22. The van der Waals surface area contributed by atoms with E-state index in [1.807, 2.05) is 13.8 Å². The number of carbonyl (C=O) groups excluding carboxylic acids is 2. The summed E-state index contributed by atoms with van der Waals surface area (Å²) in [6.45, 7) is 4.99. The molecule has 0 atom stereocenters. The number of hydrogen-bond donors (Lipinski definition) is 0. The first-order chi connectivity index (χ1) is 7.28. The summed E-state index contributed by atoms with van der Waals surface area (Å²) >= 11 is 11.5. The van der Waals surface area contributed by atoms with Crippen LogP contribution in [0.1, 0.15) is 20.8 Å². The van der Waals surface area contributed by atoms with Gasteiger partial charge in [-0.05, 0) is 12.2 Å². The van der Waals surface area contributed by atoms with E-state index in [1.54, 1.807) is 0 Å². The molecule has 0 N–H and O–H groups in total. The number of ether oxygens (including phenoxy) is 1. The Morgan fingerprint density at radius 1 is 1.31 bits per heavy atom. The average Bonchev–Trinajstić information content (AvgIpc) is 2.12. The molecular formula is C11H12Cl2O3. The quantitative estimate of drug-likeness (QED) is 0.719. The highest BCUT2D eigenvalue weighted by molar-refractivity contribution is 6.55. The van der Waals surface area contributed by atoms with Crippen molar-refractivity contribution < 1.29 is 14.3 Å². The van der Waals surface area contributed by atoms with Gasteiger partial charge in [-0.2, -0.15) is 0 Å². The van der Waals surface area contributed by atoms with Crippen LogP contribution in [0.4, 0.5) is 0 Å². The lowest BCUT2D eigenvalue weighted by Crippen LogP contribution is -2.39. The predicted octanol–water partition coefficient (Wildman–Crippen LogP) is 2.77. The fourth-order valence-electron chi connectivity index (χ4n) is 1.44. The Hall–Kier alpha value is -0.800. The predicted molar refractivity (Wildman–Crippen MR) is 62.2 cm³/mol. The van der Waals surface area contributed by atoms with Gasteiger partial charge in [0.25, 0.3) is 0 Å². The number of hydrogen-bond acceptors (Lipinski definition) is 3. The molecule has 0 amide bonds. The van der Waals surface area contributed by atoms with Crippen molar-refractivity contribution in [3.63, 3.8) is 0 Å².